The van der Waals surface area contributed by atoms with Crippen LogP contribution >= 0.6 is 35.7 Å². The first-order valence-corrected chi connectivity index (χ1v) is 12.6. The van der Waals surface area contributed by atoms with E-state index in [2.05, 4.69) is 36.6 Å². The molecule has 0 aliphatic heterocycles. The second-order valence-corrected chi connectivity index (χ2v) is 9.40. The van der Waals surface area contributed by atoms with Crippen molar-refractivity contribution in [3.8, 4) is 0 Å². The number of hydrogen-bond donors (Lipinski definition) is 2. The molecule has 9 heteroatoms. The van der Waals surface area contributed by atoms with E-state index in [9.17, 15) is 4.39 Å². The van der Waals surface area contributed by atoms with Crippen LogP contribution in [0, 0.1) is 5.82 Å². The molecule has 1 aromatic heterocycles. The lowest BCUT2D eigenvalue weighted by molar-refractivity contribution is 0.460. The number of aliphatic imine (C=N–C) groups is 1. The number of hydrogen-bond acceptors (Lipinski definition) is 4. The van der Waals surface area contributed by atoms with Gasteiger partial charge >= 0.3 is 0 Å². The second-order valence-electron chi connectivity index (χ2n) is 8.63. The molecule has 2 fully saturated rings. The molecular weight excluding hydrogens is 538 g/mol. The van der Waals surface area contributed by atoms with Gasteiger partial charge in [-0.15, -0.1) is 34.2 Å². The zero-order valence-corrected chi connectivity index (χ0v) is 22.1. The van der Waals surface area contributed by atoms with Crippen molar-refractivity contribution in [1.82, 2.24) is 25.4 Å². The minimum atomic E-state index is -0.110. The van der Waals surface area contributed by atoms with Gasteiger partial charge < -0.3 is 15.2 Å². The van der Waals surface area contributed by atoms with Crippen LogP contribution < -0.4 is 10.6 Å². The zero-order chi connectivity index (χ0) is 21.7. The van der Waals surface area contributed by atoms with Crippen molar-refractivity contribution in [2.75, 3.05) is 26.4 Å². The highest BCUT2D eigenvalue weighted by Crippen LogP contribution is 2.48. The van der Waals surface area contributed by atoms with Crippen LogP contribution in [0.1, 0.15) is 62.4 Å². The highest BCUT2D eigenvalue weighted by Gasteiger charge is 2.45. The molecule has 2 aromatic rings. The van der Waals surface area contributed by atoms with Crippen LogP contribution in [0.2, 0.25) is 0 Å². The Kier molecular flexibility index (Phi) is 9.22. The van der Waals surface area contributed by atoms with Crippen LogP contribution in [-0.4, -0.2) is 47.1 Å². The molecule has 2 aliphatic carbocycles. The van der Waals surface area contributed by atoms with Gasteiger partial charge in [0.2, 0.25) is 0 Å². The molecule has 0 spiro atoms. The Balaban J connectivity index is 0.00000289. The van der Waals surface area contributed by atoms with Gasteiger partial charge in [-0.25, -0.2) is 4.39 Å². The summed E-state index contributed by atoms with van der Waals surface area (Å²) in [7, 11) is 1.78. The molecule has 0 radical (unpaired) electrons. The van der Waals surface area contributed by atoms with E-state index in [1.807, 2.05) is 12.1 Å². The molecule has 0 saturated heterocycles. The van der Waals surface area contributed by atoms with Crippen LogP contribution in [0.25, 0.3) is 0 Å². The molecular formula is C23H34FIN6S. The minimum Gasteiger partial charge on any atom is -0.356 e. The van der Waals surface area contributed by atoms with Gasteiger partial charge in [0.25, 0.3) is 0 Å². The van der Waals surface area contributed by atoms with Crippen LogP contribution in [-0.2, 0) is 11.8 Å². The molecule has 2 saturated carbocycles. The van der Waals surface area contributed by atoms with E-state index >= 15 is 0 Å². The molecule has 0 bridgehead atoms. The van der Waals surface area contributed by atoms with Crippen LogP contribution in [0.5, 0.6) is 0 Å². The first-order chi connectivity index (χ1) is 15.2. The average molecular weight is 573 g/mol. The van der Waals surface area contributed by atoms with Gasteiger partial charge in [0.15, 0.2) is 11.1 Å². The molecule has 6 nitrogen and oxygen atoms in total. The van der Waals surface area contributed by atoms with Gasteiger partial charge in [-0.3, -0.25) is 4.99 Å². The molecule has 4 rings (SSSR count). The topological polar surface area (TPSA) is 67.1 Å². The Hall–Kier alpha value is -1.36. The summed E-state index contributed by atoms with van der Waals surface area (Å²) >= 11 is 1.68. The normalized spacial score (nSPS) is 17.8. The number of thioether (sulfide) groups is 1. The predicted molar refractivity (Wildman–Crippen MR) is 140 cm³/mol. The molecule has 2 N–H and O–H groups in total. The average Bonchev–Trinajstić information content (AvgIpc) is 3.19. The van der Waals surface area contributed by atoms with E-state index in [1.165, 1.54) is 25.7 Å². The van der Waals surface area contributed by atoms with Crippen LogP contribution in [0.3, 0.4) is 0 Å². The zero-order valence-electron chi connectivity index (χ0n) is 18.9. The smallest absolute Gasteiger partial charge is 0.191 e. The van der Waals surface area contributed by atoms with Gasteiger partial charge in [0, 0.05) is 38.0 Å². The molecule has 1 heterocycles. The maximum absolute atomic E-state index is 14.2. The van der Waals surface area contributed by atoms with Crippen molar-refractivity contribution < 1.29 is 4.39 Å². The van der Waals surface area contributed by atoms with E-state index in [-0.39, 0.29) is 35.2 Å². The number of halogens is 2. The quantitative estimate of drug-likeness (QED) is 0.150. The van der Waals surface area contributed by atoms with Gasteiger partial charge in [-0.2, -0.15) is 0 Å². The van der Waals surface area contributed by atoms with E-state index in [0.717, 1.165) is 54.7 Å². The summed E-state index contributed by atoms with van der Waals surface area (Å²) < 4.78 is 16.6. The first kappa shape index (κ1) is 25.3. The Morgan fingerprint density at radius 2 is 1.97 bits per heavy atom. The number of nitrogens with one attached hydrogen (secondary N) is 2. The highest BCUT2D eigenvalue weighted by atomic mass is 127. The van der Waals surface area contributed by atoms with Crippen molar-refractivity contribution >= 4 is 41.7 Å². The van der Waals surface area contributed by atoms with Crippen molar-refractivity contribution in [2.45, 2.75) is 68.0 Å². The predicted octanol–water partition coefficient (Wildman–Crippen LogP) is 4.70. The third kappa shape index (κ3) is 5.76. The molecule has 176 valence electrons. The van der Waals surface area contributed by atoms with E-state index in [1.54, 1.807) is 30.9 Å². The molecule has 0 amide bonds. The number of aromatic nitrogens is 3. The third-order valence-electron chi connectivity index (χ3n) is 6.59. The summed E-state index contributed by atoms with van der Waals surface area (Å²) in [6.07, 6.45) is 11.0. The first-order valence-electron chi connectivity index (χ1n) is 11.3. The molecule has 32 heavy (non-hydrogen) atoms. The largest absolute Gasteiger partial charge is 0.356 e. The van der Waals surface area contributed by atoms with Gasteiger partial charge in [-0.1, -0.05) is 42.8 Å². The van der Waals surface area contributed by atoms with E-state index in [0.29, 0.717) is 12.6 Å². The molecule has 2 aliphatic rings. The van der Waals surface area contributed by atoms with E-state index < -0.39 is 0 Å². The number of benzene rings is 1. The lowest BCUT2D eigenvalue weighted by Crippen LogP contribution is -2.41. The van der Waals surface area contributed by atoms with Gasteiger partial charge in [0.1, 0.15) is 11.6 Å². The van der Waals surface area contributed by atoms with Gasteiger partial charge in [-0.05, 0) is 50.0 Å². The summed E-state index contributed by atoms with van der Waals surface area (Å²) in [6.45, 7) is 1.50. The summed E-state index contributed by atoms with van der Waals surface area (Å²) in [6, 6.07) is 7.68. The van der Waals surface area contributed by atoms with E-state index in [4.69, 9.17) is 0 Å². The Morgan fingerprint density at radius 3 is 2.62 bits per heavy atom. The second kappa shape index (κ2) is 11.7. The number of rotatable bonds is 9. The standard InChI is InChI=1S/C23H33FN6S.HI/c1-25-21(27-16-23(13-14-23)18-10-5-6-11-19(18)24)26-15-7-12-20-28-29-22(31-2)30(20)17-8-3-4-9-17;/h5-6,10-11,17H,3-4,7-9,12-16H2,1-2H3,(H2,25,26,27);1H. The summed E-state index contributed by atoms with van der Waals surface area (Å²) in [4.78, 5) is 4.34. The summed E-state index contributed by atoms with van der Waals surface area (Å²) in [5.74, 6) is 1.75. The molecule has 0 unspecified atom stereocenters. The maximum atomic E-state index is 14.2. The lowest BCUT2D eigenvalue weighted by atomic mass is 9.95. The van der Waals surface area contributed by atoms with Crippen LogP contribution in [0.4, 0.5) is 4.39 Å². The summed E-state index contributed by atoms with van der Waals surface area (Å²) in [5, 5.41) is 16.7. The molecule has 0 atom stereocenters. The van der Waals surface area contributed by atoms with Crippen molar-refractivity contribution in [3.05, 3.63) is 41.5 Å². The number of nitrogens with zero attached hydrogens (tertiary/aromatic N) is 4. The fraction of sp³-hybridized carbons (Fsp3) is 0.609. The van der Waals surface area contributed by atoms with Gasteiger partial charge in [0.05, 0.1) is 0 Å². The van der Waals surface area contributed by atoms with Crippen molar-refractivity contribution in [3.63, 3.8) is 0 Å². The number of guanidine groups is 1. The monoisotopic (exact) mass is 572 g/mol. The Morgan fingerprint density at radius 1 is 1.22 bits per heavy atom. The van der Waals surface area contributed by atoms with Crippen molar-refractivity contribution in [1.29, 1.82) is 0 Å². The minimum absolute atomic E-state index is 0. The van der Waals surface area contributed by atoms with Crippen LogP contribution in [0.15, 0.2) is 34.4 Å². The maximum Gasteiger partial charge on any atom is 0.191 e. The Bertz CT molecular complexity index is 908. The highest BCUT2D eigenvalue weighted by molar-refractivity contribution is 14.0. The fourth-order valence-corrected chi connectivity index (χ4v) is 5.23. The Labute approximate surface area is 211 Å². The third-order valence-corrected chi connectivity index (χ3v) is 7.24. The van der Waals surface area contributed by atoms with Crippen molar-refractivity contribution in [2.24, 2.45) is 4.99 Å². The summed E-state index contributed by atoms with van der Waals surface area (Å²) in [5.41, 5.74) is 0.711. The number of aryl methyl sites for hydroxylation is 1. The lowest BCUT2D eigenvalue weighted by Gasteiger charge is -2.20. The fourth-order valence-electron chi connectivity index (χ4n) is 4.66. The SMILES string of the molecule is CN=C(NCCCc1nnc(SC)n1C1CCCC1)NCC1(c2ccccc2F)CC1.I. The molecule has 1 aromatic carbocycles.